The zero-order chi connectivity index (χ0) is 17.8. The third-order valence-corrected chi connectivity index (χ3v) is 4.49. The van der Waals surface area contributed by atoms with E-state index in [1.807, 2.05) is 0 Å². The zero-order valence-corrected chi connectivity index (χ0v) is 13.8. The van der Waals surface area contributed by atoms with Crippen molar-refractivity contribution in [2.75, 3.05) is 13.1 Å². The van der Waals surface area contributed by atoms with E-state index in [4.69, 9.17) is 10.6 Å². The van der Waals surface area contributed by atoms with E-state index >= 15 is 0 Å². The molecule has 0 unspecified atom stereocenters. The maximum atomic E-state index is 13.0. The number of benzene rings is 1. The van der Waals surface area contributed by atoms with E-state index in [0.29, 0.717) is 13.0 Å². The molecule has 7 nitrogen and oxygen atoms in total. The number of nitrogens with two attached hydrogens (primary N) is 1. The molecule has 2 amide bonds. The monoisotopic (exact) mass is 348 g/mol. The summed E-state index contributed by atoms with van der Waals surface area (Å²) in [4.78, 5) is 30.7. The Kier molecular flexibility index (Phi) is 5.28. The molecule has 8 heteroatoms. The molecule has 0 radical (unpaired) electrons. The molecule has 25 heavy (non-hydrogen) atoms. The molecule has 0 spiro atoms. The Hall–Kier alpha value is -2.48. The van der Waals surface area contributed by atoms with Crippen molar-refractivity contribution in [1.82, 2.24) is 10.2 Å². The van der Waals surface area contributed by atoms with E-state index in [1.54, 1.807) is 12.1 Å². The molecule has 1 fully saturated rings. The number of primary amides is 1. The van der Waals surface area contributed by atoms with Crippen molar-refractivity contribution in [3.8, 4) is 0 Å². The molecule has 1 aromatic carbocycles. The predicted molar refractivity (Wildman–Crippen MR) is 89.0 cm³/mol. The van der Waals surface area contributed by atoms with Gasteiger partial charge in [0.1, 0.15) is 11.5 Å². The van der Waals surface area contributed by atoms with Crippen LogP contribution in [0.2, 0.25) is 0 Å². The number of rotatable bonds is 6. The minimum absolute atomic E-state index is 0.0734. The molecule has 2 heterocycles. The molecule has 1 saturated heterocycles. The topological polar surface area (TPSA) is 97.0 Å². The summed E-state index contributed by atoms with van der Waals surface area (Å²) in [5, 5.41) is 6.48. The van der Waals surface area contributed by atoms with Gasteiger partial charge in [-0.2, -0.15) is 0 Å². The van der Waals surface area contributed by atoms with Gasteiger partial charge in [-0.15, -0.1) is 0 Å². The highest BCUT2D eigenvalue weighted by atomic mass is 19.1. The van der Waals surface area contributed by atoms with E-state index in [0.717, 1.165) is 24.9 Å². The van der Waals surface area contributed by atoms with Gasteiger partial charge in [-0.3, -0.25) is 14.5 Å². The lowest BCUT2D eigenvalue weighted by Crippen LogP contribution is -2.45. The molecule has 134 valence electrons. The van der Waals surface area contributed by atoms with Crippen molar-refractivity contribution >= 4 is 17.5 Å². The largest absolute Gasteiger partial charge is 0.390 e. The van der Waals surface area contributed by atoms with Gasteiger partial charge in [-0.1, -0.05) is 17.3 Å². The number of carbonyl (C=O) groups excluding carboxylic acids is 2. The van der Waals surface area contributed by atoms with Crippen molar-refractivity contribution in [2.45, 2.75) is 38.0 Å². The first-order valence-corrected chi connectivity index (χ1v) is 8.31. The van der Waals surface area contributed by atoms with Crippen LogP contribution in [0.3, 0.4) is 0 Å². The van der Waals surface area contributed by atoms with Gasteiger partial charge >= 0.3 is 0 Å². The van der Waals surface area contributed by atoms with Crippen molar-refractivity contribution in [3.63, 3.8) is 0 Å². The van der Waals surface area contributed by atoms with Crippen molar-refractivity contribution in [3.05, 3.63) is 35.6 Å². The van der Waals surface area contributed by atoms with Crippen molar-refractivity contribution < 1.29 is 18.8 Å². The van der Waals surface area contributed by atoms with E-state index < -0.39 is 5.91 Å². The Bertz CT molecular complexity index is 677. The highest BCUT2D eigenvalue weighted by Crippen LogP contribution is 2.20. The van der Waals surface area contributed by atoms with Gasteiger partial charge < -0.3 is 15.9 Å². The standard InChI is InChI=1S/C17H21FN4O3/c18-12-5-3-11(4-6-12)10-22-7-1-2-15(22)17(24)20-9-13-8-14(16(19)23)21-25-13/h3-6,13,15H,1-2,7-10H2,(H2,19,23)(H,20,24)/t13-,15-/m1/s1. The molecule has 0 bridgehead atoms. The number of oxime groups is 1. The minimum atomic E-state index is -0.602. The van der Waals surface area contributed by atoms with Gasteiger partial charge in [0, 0.05) is 13.0 Å². The van der Waals surface area contributed by atoms with Gasteiger partial charge in [-0.05, 0) is 37.1 Å². The van der Waals surface area contributed by atoms with Crippen LogP contribution in [0.25, 0.3) is 0 Å². The quantitative estimate of drug-likeness (QED) is 0.784. The second kappa shape index (κ2) is 7.60. The summed E-state index contributed by atoms with van der Waals surface area (Å²) >= 11 is 0. The maximum absolute atomic E-state index is 13.0. The number of nitrogens with one attached hydrogen (secondary N) is 1. The Morgan fingerprint density at radius 1 is 1.36 bits per heavy atom. The lowest BCUT2D eigenvalue weighted by molar-refractivity contribution is -0.126. The van der Waals surface area contributed by atoms with Gasteiger partial charge in [0.2, 0.25) is 5.91 Å². The third kappa shape index (κ3) is 4.33. The van der Waals surface area contributed by atoms with E-state index in [2.05, 4.69) is 15.4 Å². The van der Waals surface area contributed by atoms with Crippen LogP contribution >= 0.6 is 0 Å². The number of hydrogen-bond acceptors (Lipinski definition) is 5. The first-order valence-electron chi connectivity index (χ1n) is 8.31. The average molecular weight is 348 g/mol. The number of halogens is 1. The molecule has 3 N–H and O–H groups in total. The average Bonchev–Trinajstić information content (AvgIpc) is 3.24. The molecule has 1 aromatic rings. The summed E-state index contributed by atoms with van der Waals surface area (Å²) in [5.74, 6) is -0.945. The summed E-state index contributed by atoms with van der Waals surface area (Å²) in [6.45, 7) is 1.71. The molecule has 0 saturated carbocycles. The van der Waals surface area contributed by atoms with Crippen LogP contribution in [0.4, 0.5) is 4.39 Å². The second-order valence-corrected chi connectivity index (χ2v) is 6.33. The van der Waals surface area contributed by atoms with Crippen molar-refractivity contribution in [1.29, 1.82) is 0 Å². The molecular weight excluding hydrogens is 327 g/mol. The molecule has 0 aliphatic carbocycles. The Morgan fingerprint density at radius 2 is 2.12 bits per heavy atom. The van der Waals surface area contributed by atoms with Crippen LogP contribution in [0, 0.1) is 5.82 Å². The highest BCUT2D eigenvalue weighted by molar-refractivity contribution is 6.38. The summed E-state index contributed by atoms with van der Waals surface area (Å²) in [7, 11) is 0. The van der Waals surface area contributed by atoms with Crippen LogP contribution in [0.5, 0.6) is 0 Å². The molecule has 3 rings (SSSR count). The van der Waals surface area contributed by atoms with Gasteiger partial charge in [0.25, 0.3) is 5.91 Å². The Balaban J connectivity index is 1.49. The van der Waals surface area contributed by atoms with E-state index in [9.17, 15) is 14.0 Å². The van der Waals surface area contributed by atoms with Gasteiger partial charge in [0.15, 0.2) is 6.10 Å². The van der Waals surface area contributed by atoms with Gasteiger partial charge in [-0.25, -0.2) is 4.39 Å². The van der Waals surface area contributed by atoms with Crippen LogP contribution in [0.15, 0.2) is 29.4 Å². The summed E-state index contributed by atoms with van der Waals surface area (Å²) in [5.41, 5.74) is 6.31. The van der Waals surface area contributed by atoms with E-state index in [1.165, 1.54) is 12.1 Å². The smallest absolute Gasteiger partial charge is 0.266 e. The molecule has 2 atom stereocenters. The van der Waals surface area contributed by atoms with Crippen LogP contribution in [-0.2, 0) is 21.0 Å². The number of likely N-dealkylation sites (tertiary alicyclic amines) is 1. The number of hydrogen-bond donors (Lipinski definition) is 2. The van der Waals surface area contributed by atoms with Crippen LogP contribution in [0.1, 0.15) is 24.8 Å². The third-order valence-electron chi connectivity index (χ3n) is 4.49. The lowest BCUT2D eigenvalue weighted by Gasteiger charge is -2.24. The summed E-state index contributed by atoms with van der Waals surface area (Å²) in [6.07, 6.45) is 1.66. The fourth-order valence-electron chi connectivity index (χ4n) is 3.15. The van der Waals surface area contributed by atoms with Crippen LogP contribution < -0.4 is 11.1 Å². The second-order valence-electron chi connectivity index (χ2n) is 6.33. The number of amides is 2. The lowest BCUT2D eigenvalue weighted by atomic mass is 10.1. The molecule has 2 aliphatic rings. The number of nitrogens with zero attached hydrogens (tertiary/aromatic N) is 2. The Labute approximate surface area is 145 Å². The van der Waals surface area contributed by atoms with Crippen molar-refractivity contribution in [2.24, 2.45) is 10.9 Å². The summed E-state index contributed by atoms with van der Waals surface area (Å²) in [6, 6.07) is 6.10. The Morgan fingerprint density at radius 3 is 2.80 bits per heavy atom. The first kappa shape index (κ1) is 17.3. The minimum Gasteiger partial charge on any atom is -0.390 e. The molecular formula is C17H21FN4O3. The molecule has 0 aromatic heterocycles. The fourth-order valence-corrected chi connectivity index (χ4v) is 3.15. The highest BCUT2D eigenvalue weighted by Gasteiger charge is 2.32. The van der Waals surface area contributed by atoms with E-state index in [-0.39, 0.29) is 36.1 Å². The first-order chi connectivity index (χ1) is 12.0. The maximum Gasteiger partial charge on any atom is 0.266 e. The fraction of sp³-hybridized carbons (Fsp3) is 0.471. The SMILES string of the molecule is NC(=O)C1=NO[C@@H](CNC(=O)[C@H]2CCCN2Cc2ccc(F)cc2)C1. The predicted octanol–water partition coefficient (Wildman–Crippen LogP) is 0.536. The molecule has 2 aliphatic heterocycles. The van der Waals surface area contributed by atoms with Crippen LogP contribution in [-0.4, -0.2) is 47.7 Å². The normalized spacial score (nSPS) is 23.2. The van der Waals surface area contributed by atoms with Gasteiger partial charge in [0.05, 0.1) is 12.6 Å². The number of carbonyl (C=O) groups is 2. The summed E-state index contributed by atoms with van der Waals surface area (Å²) < 4.78 is 13.0. The zero-order valence-electron chi connectivity index (χ0n) is 13.8.